The predicted molar refractivity (Wildman–Crippen MR) is 101 cm³/mol. The molecule has 1 fully saturated rings. The second kappa shape index (κ2) is 6.69. The van der Waals surface area contributed by atoms with Gasteiger partial charge in [0.15, 0.2) is 5.01 Å². The number of hydrogen-bond acceptors (Lipinski definition) is 6. The van der Waals surface area contributed by atoms with Crippen molar-refractivity contribution < 1.29 is 5.11 Å². The van der Waals surface area contributed by atoms with Crippen molar-refractivity contribution in [1.82, 2.24) is 15.2 Å². The van der Waals surface area contributed by atoms with Crippen LogP contribution in [0.3, 0.4) is 0 Å². The van der Waals surface area contributed by atoms with Crippen LogP contribution in [0.2, 0.25) is 0 Å². The molecular weight excluding hydrogens is 388 g/mol. The van der Waals surface area contributed by atoms with Gasteiger partial charge in [-0.2, -0.15) is 0 Å². The van der Waals surface area contributed by atoms with E-state index in [4.69, 9.17) is 0 Å². The summed E-state index contributed by atoms with van der Waals surface area (Å²) in [6, 6.07) is 2.29. The van der Waals surface area contributed by atoms with E-state index in [9.17, 15) is 5.11 Å². The van der Waals surface area contributed by atoms with E-state index in [-0.39, 0.29) is 5.92 Å². The van der Waals surface area contributed by atoms with Crippen molar-refractivity contribution in [3.05, 3.63) is 21.9 Å². The van der Waals surface area contributed by atoms with Crippen molar-refractivity contribution in [2.24, 2.45) is 5.92 Å². The number of aliphatic hydroxyl groups is 1. The normalized spacial score (nSPS) is 21.0. The summed E-state index contributed by atoms with van der Waals surface area (Å²) in [5, 5.41) is 24.4. The third kappa shape index (κ3) is 3.63. The Bertz CT molecular complexity index is 726. The highest BCUT2D eigenvalue weighted by Gasteiger charge is 2.43. The molecule has 0 radical (unpaired) electrons. The zero-order valence-corrected chi connectivity index (χ0v) is 16.8. The molecule has 0 bridgehead atoms. The van der Waals surface area contributed by atoms with Crippen molar-refractivity contribution in [2.75, 3.05) is 5.32 Å². The molecule has 2 N–H and O–H groups in total. The summed E-state index contributed by atoms with van der Waals surface area (Å²) in [6.45, 7) is 7.97. The molecule has 0 spiro atoms. The third-order valence-electron chi connectivity index (χ3n) is 4.48. The molecule has 130 valence electrons. The van der Waals surface area contributed by atoms with Crippen LogP contribution in [-0.4, -0.2) is 31.9 Å². The summed E-state index contributed by atoms with van der Waals surface area (Å²) in [4.78, 5) is 4.34. The van der Waals surface area contributed by atoms with Gasteiger partial charge in [-0.15, -0.1) is 10.2 Å². The van der Waals surface area contributed by atoms with Crippen LogP contribution in [0, 0.1) is 5.92 Å². The molecule has 1 saturated carbocycles. The molecule has 0 saturated heterocycles. The average Bonchev–Trinajstić information content (AvgIpc) is 2.83. The lowest BCUT2D eigenvalue weighted by atomic mass is 9.66. The molecule has 2 atom stereocenters. The third-order valence-corrected chi connectivity index (χ3v) is 6.01. The first-order valence-corrected chi connectivity index (χ1v) is 9.85. The number of nitrogens with one attached hydrogen (secondary N) is 1. The summed E-state index contributed by atoms with van der Waals surface area (Å²) >= 11 is 5.03. The molecule has 0 unspecified atom stereocenters. The highest BCUT2D eigenvalue weighted by Crippen LogP contribution is 2.49. The lowest BCUT2D eigenvalue weighted by Crippen LogP contribution is -2.41. The van der Waals surface area contributed by atoms with Crippen molar-refractivity contribution in [2.45, 2.75) is 58.1 Å². The predicted octanol–water partition coefficient (Wildman–Crippen LogP) is 4.45. The van der Waals surface area contributed by atoms with Crippen molar-refractivity contribution in [3.63, 3.8) is 0 Å². The van der Waals surface area contributed by atoms with Gasteiger partial charge in [0.1, 0.15) is 9.61 Å². The van der Waals surface area contributed by atoms with Gasteiger partial charge in [-0.25, -0.2) is 4.98 Å². The number of pyridine rings is 1. The second-order valence-corrected chi connectivity index (χ2v) is 9.06. The van der Waals surface area contributed by atoms with E-state index in [1.54, 1.807) is 11.3 Å². The minimum Gasteiger partial charge on any atom is -0.390 e. The fourth-order valence-electron chi connectivity index (χ4n) is 3.17. The fraction of sp³-hybridized carbons (Fsp3) is 0.588. The van der Waals surface area contributed by atoms with Crippen LogP contribution in [0.15, 0.2) is 16.9 Å². The first-order valence-electron chi connectivity index (χ1n) is 8.24. The Labute approximate surface area is 155 Å². The quantitative estimate of drug-likeness (QED) is 0.712. The number of nitrogens with zero attached hydrogens (tertiary/aromatic N) is 3. The second-order valence-electron chi connectivity index (χ2n) is 7.24. The van der Waals surface area contributed by atoms with Crippen LogP contribution in [0.25, 0.3) is 10.6 Å². The number of hydrogen-bond donors (Lipinski definition) is 2. The summed E-state index contributed by atoms with van der Waals surface area (Å²) < 4.78 is 0.792. The van der Waals surface area contributed by atoms with Gasteiger partial charge in [0.05, 0.1) is 11.2 Å². The Morgan fingerprint density at radius 3 is 2.67 bits per heavy atom. The van der Waals surface area contributed by atoms with Crippen LogP contribution >= 0.6 is 27.3 Å². The van der Waals surface area contributed by atoms with Gasteiger partial charge in [0.25, 0.3) is 0 Å². The maximum atomic E-state index is 10.3. The molecule has 5 nitrogen and oxygen atoms in total. The zero-order chi connectivity index (χ0) is 17.5. The smallest absolute Gasteiger partial charge is 0.151 e. The van der Waals surface area contributed by atoms with E-state index < -0.39 is 5.60 Å². The Morgan fingerprint density at radius 1 is 1.33 bits per heavy atom. The van der Waals surface area contributed by atoms with Crippen molar-refractivity contribution in [3.8, 4) is 10.6 Å². The van der Waals surface area contributed by atoms with E-state index in [0.717, 1.165) is 38.7 Å². The lowest BCUT2D eigenvalue weighted by Gasteiger charge is -2.42. The lowest BCUT2D eigenvalue weighted by molar-refractivity contribution is -0.0326. The molecule has 1 aliphatic carbocycles. The first-order chi connectivity index (χ1) is 11.3. The molecule has 0 aliphatic heterocycles. The SMILES string of the molecule is CC(C)Nc1cc(Br)ncc1-c1nnc([C@@H]2CC[C@H]2C(C)(C)O)s1. The molecule has 24 heavy (non-hydrogen) atoms. The van der Waals surface area contributed by atoms with Crippen molar-refractivity contribution >= 4 is 33.0 Å². The molecule has 1 aliphatic rings. The van der Waals surface area contributed by atoms with E-state index in [0.29, 0.717) is 12.0 Å². The highest BCUT2D eigenvalue weighted by molar-refractivity contribution is 9.10. The van der Waals surface area contributed by atoms with Gasteiger partial charge in [0.2, 0.25) is 0 Å². The van der Waals surface area contributed by atoms with E-state index in [1.165, 1.54) is 0 Å². The first kappa shape index (κ1) is 17.8. The van der Waals surface area contributed by atoms with Gasteiger partial charge < -0.3 is 10.4 Å². The minimum atomic E-state index is -0.668. The number of anilines is 1. The van der Waals surface area contributed by atoms with Crippen LogP contribution in [-0.2, 0) is 0 Å². The Morgan fingerprint density at radius 2 is 2.08 bits per heavy atom. The maximum Gasteiger partial charge on any atom is 0.151 e. The maximum absolute atomic E-state index is 10.3. The molecule has 2 heterocycles. The molecule has 7 heteroatoms. The Hall–Kier alpha value is -1.05. The van der Waals surface area contributed by atoms with E-state index >= 15 is 0 Å². The van der Waals surface area contributed by atoms with E-state index in [1.807, 2.05) is 26.1 Å². The van der Waals surface area contributed by atoms with Gasteiger partial charge in [0, 0.05) is 23.8 Å². The topological polar surface area (TPSA) is 70.9 Å². The van der Waals surface area contributed by atoms with Crippen molar-refractivity contribution in [1.29, 1.82) is 0 Å². The molecule has 3 rings (SSSR count). The van der Waals surface area contributed by atoms with Crippen LogP contribution in [0.5, 0.6) is 0 Å². The number of halogens is 1. The Balaban J connectivity index is 1.89. The van der Waals surface area contributed by atoms with Gasteiger partial charge >= 0.3 is 0 Å². The molecular formula is C17H23BrN4OS. The minimum absolute atomic E-state index is 0.259. The highest BCUT2D eigenvalue weighted by atomic mass is 79.9. The Kier molecular flexibility index (Phi) is 4.95. The number of aromatic nitrogens is 3. The standard InChI is InChI=1S/C17H23BrN4OS/c1-9(2)20-13-7-14(18)19-8-11(13)16-22-21-15(24-16)10-5-6-12(10)17(3,4)23/h7-10,12,23H,5-6H2,1-4H3,(H,19,20)/t10-,12-/m1/s1. The van der Waals surface area contributed by atoms with E-state index in [2.05, 4.69) is 50.3 Å². The summed E-state index contributed by atoms with van der Waals surface area (Å²) in [7, 11) is 0. The van der Waals surface area contributed by atoms with Gasteiger partial charge in [-0.3, -0.25) is 0 Å². The van der Waals surface area contributed by atoms with Crippen LogP contribution in [0.4, 0.5) is 5.69 Å². The monoisotopic (exact) mass is 410 g/mol. The summed E-state index contributed by atoms with van der Waals surface area (Å²) in [6.07, 6.45) is 3.94. The summed E-state index contributed by atoms with van der Waals surface area (Å²) in [5.74, 6) is 0.566. The average molecular weight is 411 g/mol. The van der Waals surface area contributed by atoms with Crippen LogP contribution in [0.1, 0.15) is 51.5 Å². The molecule has 0 aromatic carbocycles. The molecule has 2 aromatic rings. The van der Waals surface area contributed by atoms with Gasteiger partial charge in [-0.05, 0) is 68.5 Å². The zero-order valence-electron chi connectivity index (χ0n) is 14.4. The summed E-state index contributed by atoms with van der Waals surface area (Å²) in [5.41, 5.74) is 1.30. The fourth-order valence-corrected chi connectivity index (χ4v) is 4.56. The molecule has 2 aromatic heterocycles. The van der Waals surface area contributed by atoms with Crippen LogP contribution < -0.4 is 5.32 Å². The molecule has 0 amide bonds. The largest absolute Gasteiger partial charge is 0.390 e. The number of rotatable bonds is 5. The van der Waals surface area contributed by atoms with Gasteiger partial charge in [-0.1, -0.05) is 11.3 Å².